The van der Waals surface area contributed by atoms with Gasteiger partial charge in [0, 0.05) is 16.7 Å². The summed E-state index contributed by atoms with van der Waals surface area (Å²) in [5.41, 5.74) is 0.126. The average Bonchev–Trinajstić information content (AvgIpc) is 3.30. The number of nitrogens with one attached hydrogen (secondary N) is 2. The fourth-order valence-electron chi connectivity index (χ4n) is 4.32. The number of rotatable bonds is 4. The van der Waals surface area contributed by atoms with Gasteiger partial charge in [-0.05, 0) is 36.2 Å². The summed E-state index contributed by atoms with van der Waals surface area (Å²) in [7, 11) is 0. The van der Waals surface area contributed by atoms with E-state index >= 15 is 4.39 Å². The molecule has 0 saturated carbocycles. The summed E-state index contributed by atoms with van der Waals surface area (Å²) in [5.74, 6) is -1.09. The Hall–Kier alpha value is -3.95. The van der Waals surface area contributed by atoms with Gasteiger partial charge in [-0.1, -0.05) is 43.3 Å². The van der Waals surface area contributed by atoms with Gasteiger partial charge in [0.2, 0.25) is 5.95 Å². The summed E-state index contributed by atoms with van der Waals surface area (Å²) >= 11 is 0. The van der Waals surface area contributed by atoms with Crippen LogP contribution in [-0.4, -0.2) is 32.2 Å². The van der Waals surface area contributed by atoms with E-state index in [1.807, 2.05) is 6.92 Å². The van der Waals surface area contributed by atoms with Gasteiger partial charge in [-0.2, -0.15) is 0 Å². The molecule has 0 bridgehead atoms. The predicted octanol–water partition coefficient (Wildman–Crippen LogP) is 4.63. The summed E-state index contributed by atoms with van der Waals surface area (Å²) in [6.07, 6.45) is -0.855. The number of carboxylic acid groups (broad SMARTS) is 1. The van der Waals surface area contributed by atoms with Crippen molar-refractivity contribution in [2.24, 2.45) is 0 Å². The van der Waals surface area contributed by atoms with E-state index in [1.54, 1.807) is 54.6 Å². The number of hydrogen-bond donors (Lipinski definition) is 4. The van der Waals surface area contributed by atoms with Gasteiger partial charge >= 0.3 is 6.09 Å². The van der Waals surface area contributed by atoms with Crippen LogP contribution >= 0.6 is 12.4 Å². The van der Waals surface area contributed by atoms with Crippen LogP contribution in [-0.2, 0) is 12.1 Å². The maximum Gasteiger partial charge on any atom is 0.411 e. The SMILES string of the molecule is CCc1cccc(N2C(=O)c3ccccc3C2(O)c2ccc3[nH]c(NC(=O)O)nc3c2)c1F.Cl. The molecule has 1 atom stereocenters. The topological polar surface area (TPSA) is 119 Å². The number of aliphatic hydroxyl groups is 1. The van der Waals surface area contributed by atoms with Gasteiger partial charge in [-0.15, -0.1) is 12.4 Å². The number of hydrogen-bond acceptors (Lipinski definition) is 4. The van der Waals surface area contributed by atoms with Crippen molar-refractivity contribution in [2.75, 3.05) is 10.2 Å². The first kappa shape index (κ1) is 23.2. The molecule has 0 aliphatic carbocycles. The lowest BCUT2D eigenvalue weighted by Gasteiger charge is -2.35. The Balaban J connectivity index is 0.00000274. The average molecular weight is 483 g/mol. The number of aryl methyl sites for hydroxylation is 1. The molecule has 4 aromatic rings. The molecule has 1 aliphatic rings. The molecule has 0 spiro atoms. The number of carbonyl (C=O) groups excluding carboxylic acids is 1. The van der Waals surface area contributed by atoms with Crippen molar-refractivity contribution in [3.05, 3.63) is 88.7 Å². The maximum absolute atomic E-state index is 15.4. The molecule has 174 valence electrons. The molecular formula is C24H20ClFN4O4. The van der Waals surface area contributed by atoms with Crippen molar-refractivity contribution in [2.45, 2.75) is 19.1 Å². The first-order valence-electron chi connectivity index (χ1n) is 10.3. The van der Waals surface area contributed by atoms with E-state index in [2.05, 4.69) is 15.3 Å². The standard InChI is InChI=1S/C24H19FN4O4.ClH/c1-2-13-6-5-9-19(20(13)25)29-21(30)15-7-3-4-8-16(15)24(29,33)14-10-11-17-18(12-14)27-22(26-17)28-23(31)32;/h3-12,33H,2H2,1H3,(H,31,32)(H2,26,27,28);1H. The molecule has 34 heavy (non-hydrogen) atoms. The van der Waals surface area contributed by atoms with Crippen LogP contribution in [0.2, 0.25) is 0 Å². The smallest absolute Gasteiger partial charge is 0.411 e. The monoisotopic (exact) mass is 482 g/mol. The summed E-state index contributed by atoms with van der Waals surface area (Å²) in [6.45, 7) is 1.81. The highest BCUT2D eigenvalue weighted by Crippen LogP contribution is 2.46. The number of aromatic nitrogens is 2. The molecule has 2 heterocycles. The fourth-order valence-corrected chi connectivity index (χ4v) is 4.32. The van der Waals surface area contributed by atoms with Gasteiger partial charge in [0.15, 0.2) is 5.72 Å². The second-order valence-corrected chi connectivity index (χ2v) is 7.71. The maximum atomic E-state index is 15.4. The number of imidazole rings is 1. The number of anilines is 2. The third-order valence-corrected chi connectivity index (χ3v) is 5.85. The molecule has 3 aromatic carbocycles. The minimum absolute atomic E-state index is 0. The molecule has 8 nitrogen and oxygen atoms in total. The summed E-state index contributed by atoms with van der Waals surface area (Å²) in [6, 6.07) is 16.1. The molecule has 0 fully saturated rings. The van der Waals surface area contributed by atoms with Crippen LogP contribution in [0.3, 0.4) is 0 Å². The van der Waals surface area contributed by atoms with Gasteiger partial charge in [0.05, 0.1) is 16.7 Å². The largest absolute Gasteiger partial charge is 0.465 e. The minimum atomic E-state index is -2.01. The molecule has 0 saturated heterocycles. The van der Waals surface area contributed by atoms with E-state index < -0.39 is 23.5 Å². The Kier molecular flexibility index (Phi) is 5.76. The number of nitrogens with zero attached hydrogens (tertiary/aromatic N) is 2. The second kappa shape index (κ2) is 8.44. The van der Waals surface area contributed by atoms with Crippen LogP contribution in [0.5, 0.6) is 0 Å². The lowest BCUT2D eigenvalue weighted by atomic mass is 9.93. The number of halogens is 2. The zero-order valence-corrected chi connectivity index (χ0v) is 18.7. The molecule has 1 aliphatic heterocycles. The van der Waals surface area contributed by atoms with Crippen LogP contribution in [0.4, 0.5) is 20.8 Å². The van der Waals surface area contributed by atoms with Crippen molar-refractivity contribution >= 4 is 47.1 Å². The van der Waals surface area contributed by atoms with E-state index in [1.165, 1.54) is 6.07 Å². The molecule has 1 unspecified atom stereocenters. The van der Waals surface area contributed by atoms with Crippen molar-refractivity contribution in [1.82, 2.24) is 9.97 Å². The van der Waals surface area contributed by atoms with Crippen molar-refractivity contribution < 1.29 is 24.2 Å². The van der Waals surface area contributed by atoms with Crippen LogP contribution in [0.25, 0.3) is 11.0 Å². The lowest BCUT2D eigenvalue weighted by molar-refractivity contribution is 0.0699. The van der Waals surface area contributed by atoms with Crippen LogP contribution < -0.4 is 10.2 Å². The minimum Gasteiger partial charge on any atom is -0.465 e. The molecule has 4 N–H and O–H groups in total. The van der Waals surface area contributed by atoms with Crippen LogP contribution in [0.15, 0.2) is 60.7 Å². The third kappa shape index (κ3) is 3.37. The van der Waals surface area contributed by atoms with Gasteiger partial charge in [-0.3, -0.25) is 15.0 Å². The summed E-state index contributed by atoms with van der Waals surface area (Å²) < 4.78 is 15.4. The van der Waals surface area contributed by atoms with E-state index in [4.69, 9.17) is 5.11 Å². The number of amides is 2. The van der Waals surface area contributed by atoms with E-state index in [-0.39, 0.29) is 35.2 Å². The van der Waals surface area contributed by atoms with Gasteiger partial charge < -0.3 is 15.2 Å². The van der Waals surface area contributed by atoms with Crippen molar-refractivity contribution in [3.8, 4) is 0 Å². The quantitative estimate of drug-likeness (QED) is 0.338. The first-order chi connectivity index (χ1) is 15.8. The molecule has 1 aromatic heterocycles. The highest BCUT2D eigenvalue weighted by Gasteiger charge is 2.51. The Morgan fingerprint density at radius 1 is 1.18 bits per heavy atom. The van der Waals surface area contributed by atoms with Crippen LogP contribution in [0, 0.1) is 5.82 Å². The van der Waals surface area contributed by atoms with Gasteiger partial charge in [-0.25, -0.2) is 14.2 Å². The summed E-state index contributed by atoms with van der Waals surface area (Å²) in [4.78, 5) is 32.5. The Labute approximate surface area is 199 Å². The highest BCUT2D eigenvalue weighted by molar-refractivity contribution is 6.12. The van der Waals surface area contributed by atoms with E-state index in [0.29, 0.717) is 28.6 Å². The number of carbonyl (C=O) groups is 2. The number of H-pyrrole nitrogens is 1. The Morgan fingerprint density at radius 3 is 2.68 bits per heavy atom. The van der Waals surface area contributed by atoms with Gasteiger partial charge in [0.1, 0.15) is 5.82 Å². The Morgan fingerprint density at radius 2 is 1.94 bits per heavy atom. The number of aromatic amines is 1. The predicted molar refractivity (Wildman–Crippen MR) is 127 cm³/mol. The van der Waals surface area contributed by atoms with E-state index in [9.17, 15) is 14.7 Å². The van der Waals surface area contributed by atoms with Crippen LogP contribution in [0.1, 0.15) is 34.0 Å². The van der Waals surface area contributed by atoms with Crippen molar-refractivity contribution in [3.63, 3.8) is 0 Å². The molecule has 0 radical (unpaired) electrons. The fraction of sp³-hybridized carbons (Fsp3) is 0.125. The number of benzene rings is 3. The summed E-state index contributed by atoms with van der Waals surface area (Å²) in [5, 5.41) is 23.2. The first-order valence-corrected chi connectivity index (χ1v) is 10.3. The molecule has 2 amide bonds. The highest BCUT2D eigenvalue weighted by atomic mass is 35.5. The van der Waals surface area contributed by atoms with Crippen molar-refractivity contribution in [1.29, 1.82) is 0 Å². The normalized spacial score (nSPS) is 16.9. The second-order valence-electron chi connectivity index (χ2n) is 7.71. The van der Waals surface area contributed by atoms with Gasteiger partial charge in [0.25, 0.3) is 5.91 Å². The van der Waals surface area contributed by atoms with E-state index in [0.717, 1.165) is 4.90 Å². The zero-order valence-electron chi connectivity index (χ0n) is 17.9. The molecular weight excluding hydrogens is 463 g/mol. The molecule has 10 heteroatoms. The number of fused-ring (bicyclic) bond motifs is 2. The zero-order chi connectivity index (χ0) is 23.3. The molecule has 5 rings (SSSR count). The lowest BCUT2D eigenvalue weighted by Crippen LogP contribution is -2.45. The third-order valence-electron chi connectivity index (χ3n) is 5.85. The Bertz CT molecular complexity index is 1440.